The van der Waals surface area contributed by atoms with Gasteiger partial charge in [0.15, 0.2) is 0 Å². The molecule has 0 bridgehead atoms. The summed E-state index contributed by atoms with van der Waals surface area (Å²) in [7, 11) is 2.08. The SMILES string of the molecule is CN1CCC[C@@H]1[C@@H]1CCCN1C(=O)c1ccc(F)cc1F. The molecule has 114 valence electrons. The largest absolute Gasteiger partial charge is 0.334 e. The summed E-state index contributed by atoms with van der Waals surface area (Å²) in [6.45, 7) is 1.71. The topological polar surface area (TPSA) is 23.6 Å². The van der Waals surface area contributed by atoms with E-state index < -0.39 is 11.6 Å². The van der Waals surface area contributed by atoms with Gasteiger partial charge >= 0.3 is 0 Å². The van der Waals surface area contributed by atoms with E-state index in [9.17, 15) is 13.6 Å². The van der Waals surface area contributed by atoms with E-state index in [1.54, 1.807) is 4.90 Å². The van der Waals surface area contributed by atoms with Gasteiger partial charge in [-0.25, -0.2) is 8.78 Å². The molecule has 5 heteroatoms. The molecule has 2 fully saturated rings. The molecule has 0 N–H and O–H groups in total. The number of benzene rings is 1. The van der Waals surface area contributed by atoms with Crippen LogP contribution in [0.15, 0.2) is 18.2 Å². The van der Waals surface area contributed by atoms with Crippen molar-refractivity contribution in [1.29, 1.82) is 0 Å². The van der Waals surface area contributed by atoms with Gasteiger partial charge in [-0.15, -0.1) is 0 Å². The zero-order valence-electron chi connectivity index (χ0n) is 12.2. The number of likely N-dealkylation sites (tertiary alicyclic amines) is 2. The summed E-state index contributed by atoms with van der Waals surface area (Å²) >= 11 is 0. The van der Waals surface area contributed by atoms with Crippen LogP contribution >= 0.6 is 0 Å². The van der Waals surface area contributed by atoms with Crippen LogP contribution in [0.3, 0.4) is 0 Å². The van der Waals surface area contributed by atoms with Crippen molar-refractivity contribution in [2.45, 2.75) is 37.8 Å². The lowest BCUT2D eigenvalue weighted by Gasteiger charge is -2.33. The number of carbonyl (C=O) groups is 1. The molecule has 21 heavy (non-hydrogen) atoms. The van der Waals surface area contributed by atoms with Gasteiger partial charge in [0, 0.05) is 24.7 Å². The first kappa shape index (κ1) is 14.4. The van der Waals surface area contributed by atoms with Crippen molar-refractivity contribution < 1.29 is 13.6 Å². The van der Waals surface area contributed by atoms with E-state index in [1.807, 2.05) is 0 Å². The van der Waals surface area contributed by atoms with Gasteiger partial charge in [-0.2, -0.15) is 0 Å². The van der Waals surface area contributed by atoms with Gasteiger partial charge in [0.2, 0.25) is 0 Å². The summed E-state index contributed by atoms with van der Waals surface area (Å²) in [5.41, 5.74) is -0.0241. The van der Waals surface area contributed by atoms with Crippen LogP contribution in [0, 0.1) is 11.6 Å². The minimum Gasteiger partial charge on any atom is -0.334 e. The maximum atomic E-state index is 13.8. The fourth-order valence-electron chi connectivity index (χ4n) is 3.68. The number of amides is 1. The third-order valence-electron chi connectivity index (χ3n) is 4.74. The van der Waals surface area contributed by atoms with Crippen LogP contribution in [0.1, 0.15) is 36.0 Å². The second kappa shape index (κ2) is 5.72. The highest BCUT2D eigenvalue weighted by Gasteiger charge is 2.39. The second-order valence-corrected chi connectivity index (χ2v) is 6.02. The number of hydrogen-bond donors (Lipinski definition) is 0. The van der Waals surface area contributed by atoms with Crippen molar-refractivity contribution in [2.24, 2.45) is 0 Å². The lowest BCUT2D eigenvalue weighted by Crippen LogP contribution is -2.47. The van der Waals surface area contributed by atoms with Gasteiger partial charge in [-0.05, 0) is 51.4 Å². The first-order chi connectivity index (χ1) is 10.1. The highest BCUT2D eigenvalue weighted by atomic mass is 19.1. The Kier molecular flexibility index (Phi) is 3.93. The summed E-state index contributed by atoms with van der Waals surface area (Å²) in [6, 6.07) is 3.68. The molecular weight excluding hydrogens is 274 g/mol. The molecule has 0 aliphatic carbocycles. The lowest BCUT2D eigenvalue weighted by molar-refractivity contribution is 0.0659. The standard InChI is InChI=1S/C16H20F2N2O/c1-19-8-2-4-14(19)15-5-3-9-20(15)16(21)12-7-6-11(17)10-13(12)18/h6-7,10,14-15H,2-5,8-9H2,1H3/t14-,15+/m1/s1. The summed E-state index contributed by atoms with van der Waals surface area (Å²) in [4.78, 5) is 16.7. The second-order valence-electron chi connectivity index (χ2n) is 6.02. The van der Waals surface area contributed by atoms with Gasteiger partial charge < -0.3 is 9.80 Å². The predicted octanol–water partition coefficient (Wildman–Crippen LogP) is 2.66. The van der Waals surface area contributed by atoms with Crippen LogP contribution in [0.4, 0.5) is 8.78 Å². The van der Waals surface area contributed by atoms with Crippen molar-refractivity contribution in [1.82, 2.24) is 9.80 Å². The number of likely N-dealkylation sites (N-methyl/N-ethyl adjacent to an activating group) is 1. The van der Waals surface area contributed by atoms with Crippen molar-refractivity contribution in [3.05, 3.63) is 35.4 Å². The highest BCUT2D eigenvalue weighted by Crippen LogP contribution is 2.30. The van der Waals surface area contributed by atoms with Crippen molar-refractivity contribution in [2.75, 3.05) is 20.1 Å². The van der Waals surface area contributed by atoms with E-state index in [2.05, 4.69) is 11.9 Å². The molecule has 1 aromatic rings. The van der Waals surface area contributed by atoms with Crippen LogP contribution in [-0.4, -0.2) is 47.9 Å². The van der Waals surface area contributed by atoms with Crippen LogP contribution in [-0.2, 0) is 0 Å². The Hall–Kier alpha value is -1.49. The van der Waals surface area contributed by atoms with Crippen LogP contribution < -0.4 is 0 Å². The summed E-state index contributed by atoms with van der Waals surface area (Å²) < 4.78 is 26.8. The van der Waals surface area contributed by atoms with E-state index in [-0.39, 0.29) is 17.5 Å². The predicted molar refractivity (Wildman–Crippen MR) is 76.1 cm³/mol. The molecule has 0 unspecified atom stereocenters. The van der Waals surface area contributed by atoms with Crippen LogP contribution in [0.5, 0.6) is 0 Å². The fraction of sp³-hybridized carbons (Fsp3) is 0.562. The summed E-state index contributed by atoms with van der Waals surface area (Å²) in [5, 5.41) is 0. The fourth-order valence-corrected chi connectivity index (χ4v) is 3.68. The smallest absolute Gasteiger partial charge is 0.257 e. The lowest BCUT2D eigenvalue weighted by atomic mass is 10.0. The third-order valence-corrected chi connectivity index (χ3v) is 4.74. The van der Waals surface area contributed by atoms with E-state index in [0.717, 1.165) is 44.4 Å². The number of nitrogens with zero attached hydrogens (tertiary/aromatic N) is 2. The molecule has 0 radical (unpaired) electrons. The Labute approximate surface area is 123 Å². The Bertz CT molecular complexity index is 549. The van der Waals surface area contributed by atoms with Gasteiger partial charge in [0.25, 0.3) is 5.91 Å². The van der Waals surface area contributed by atoms with Crippen LogP contribution in [0.2, 0.25) is 0 Å². The normalized spacial score (nSPS) is 26.5. The molecule has 2 atom stereocenters. The Morgan fingerprint density at radius 1 is 1.14 bits per heavy atom. The van der Waals surface area contributed by atoms with Crippen LogP contribution in [0.25, 0.3) is 0 Å². The Balaban J connectivity index is 1.82. The first-order valence-corrected chi connectivity index (χ1v) is 7.54. The average Bonchev–Trinajstić information content (AvgIpc) is 3.06. The molecule has 0 spiro atoms. The zero-order valence-corrected chi connectivity index (χ0v) is 12.2. The average molecular weight is 294 g/mol. The van der Waals surface area contributed by atoms with E-state index >= 15 is 0 Å². The molecule has 0 aromatic heterocycles. The third kappa shape index (κ3) is 2.67. The van der Waals surface area contributed by atoms with E-state index in [0.29, 0.717) is 12.6 Å². The molecule has 1 aromatic carbocycles. The molecule has 3 nitrogen and oxygen atoms in total. The number of rotatable bonds is 2. The monoisotopic (exact) mass is 294 g/mol. The van der Waals surface area contributed by atoms with Gasteiger partial charge in [-0.3, -0.25) is 4.79 Å². The molecule has 2 heterocycles. The number of carbonyl (C=O) groups excluding carboxylic acids is 1. The maximum Gasteiger partial charge on any atom is 0.257 e. The minimum atomic E-state index is -0.773. The highest BCUT2D eigenvalue weighted by molar-refractivity contribution is 5.95. The molecule has 3 rings (SSSR count). The van der Waals surface area contributed by atoms with E-state index in [4.69, 9.17) is 0 Å². The summed E-state index contributed by atoms with van der Waals surface area (Å²) in [6.07, 6.45) is 4.13. The Morgan fingerprint density at radius 3 is 2.52 bits per heavy atom. The molecule has 1 amide bonds. The molecule has 2 aliphatic heterocycles. The molecule has 2 aliphatic rings. The quantitative estimate of drug-likeness (QED) is 0.837. The molecule has 2 saturated heterocycles. The zero-order chi connectivity index (χ0) is 15.0. The van der Waals surface area contributed by atoms with Gasteiger partial charge in [-0.1, -0.05) is 0 Å². The van der Waals surface area contributed by atoms with Crippen molar-refractivity contribution in [3.63, 3.8) is 0 Å². The number of hydrogen-bond acceptors (Lipinski definition) is 2. The van der Waals surface area contributed by atoms with Gasteiger partial charge in [0.1, 0.15) is 11.6 Å². The first-order valence-electron chi connectivity index (χ1n) is 7.54. The molecular formula is C16H20F2N2O. The van der Waals surface area contributed by atoms with E-state index in [1.165, 1.54) is 6.07 Å². The van der Waals surface area contributed by atoms with Gasteiger partial charge in [0.05, 0.1) is 5.56 Å². The number of halogens is 2. The van der Waals surface area contributed by atoms with Crippen molar-refractivity contribution >= 4 is 5.91 Å². The maximum absolute atomic E-state index is 13.8. The minimum absolute atomic E-state index is 0.0241. The molecule has 0 saturated carbocycles. The van der Waals surface area contributed by atoms with Crippen molar-refractivity contribution in [3.8, 4) is 0 Å². The summed E-state index contributed by atoms with van der Waals surface area (Å²) in [5.74, 6) is -1.74. The Morgan fingerprint density at radius 2 is 1.86 bits per heavy atom.